The minimum Gasteiger partial charge on any atom is -0.379 e. The number of carbonyl (C=O) groups is 1. The lowest BCUT2D eigenvalue weighted by Gasteiger charge is -2.18. The molecule has 20 heavy (non-hydrogen) atoms. The van der Waals surface area contributed by atoms with E-state index in [0.29, 0.717) is 23.3 Å². The highest BCUT2D eigenvalue weighted by atomic mass is 79.9. The summed E-state index contributed by atoms with van der Waals surface area (Å²) in [6, 6.07) is 3.90. The molecule has 2 rings (SSSR count). The second-order valence-electron chi connectivity index (χ2n) is 4.99. The summed E-state index contributed by atoms with van der Waals surface area (Å²) in [4.78, 5) is 13.5. The number of amides is 2. The van der Waals surface area contributed by atoms with Crippen molar-refractivity contribution in [3.05, 3.63) is 28.5 Å². The monoisotopic (exact) mass is 344 g/mol. The van der Waals surface area contributed by atoms with Crippen molar-refractivity contribution in [3.8, 4) is 0 Å². The fraction of sp³-hybridized carbons (Fsp3) is 0.500. The van der Waals surface area contributed by atoms with E-state index in [2.05, 4.69) is 21.2 Å². The van der Waals surface area contributed by atoms with Crippen LogP contribution in [0.2, 0.25) is 0 Å². The minimum atomic E-state index is -0.350. The van der Waals surface area contributed by atoms with Gasteiger partial charge in [-0.1, -0.05) is 0 Å². The number of nitrogens with one attached hydrogen (secondary N) is 1. The van der Waals surface area contributed by atoms with Crippen molar-refractivity contribution in [3.63, 3.8) is 0 Å². The molecule has 0 bridgehead atoms. The number of nitrogens with zero attached hydrogens (tertiary/aromatic N) is 1. The molecule has 0 radical (unpaired) electrons. The van der Waals surface area contributed by atoms with E-state index in [9.17, 15) is 9.18 Å². The standard InChI is InChI=1S/C14H18BrFN2O2/c1-18(6-7-20-9-10-2-3-10)14(19)17-13-5-4-11(16)8-12(13)15/h4-5,8,10H,2-3,6-7,9H2,1H3,(H,17,19). The van der Waals surface area contributed by atoms with Gasteiger partial charge in [-0.15, -0.1) is 0 Å². The van der Waals surface area contributed by atoms with Gasteiger partial charge in [-0.3, -0.25) is 0 Å². The third-order valence-electron chi connectivity index (χ3n) is 3.14. The fourth-order valence-electron chi connectivity index (χ4n) is 1.64. The van der Waals surface area contributed by atoms with Crippen molar-refractivity contribution in [2.75, 3.05) is 32.1 Å². The highest BCUT2D eigenvalue weighted by Crippen LogP contribution is 2.28. The first-order valence-electron chi connectivity index (χ1n) is 6.61. The molecular formula is C14H18BrFN2O2. The van der Waals surface area contributed by atoms with E-state index in [1.54, 1.807) is 11.9 Å². The Morgan fingerprint density at radius 2 is 2.30 bits per heavy atom. The van der Waals surface area contributed by atoms with Gasteiger partial charge < -0.3 is 15.0 Å². The van der Waals surface area contributed by atoms with Gasteiger partial charge in [0.25, 0.3) is 0 Å². The average molecular weight is 345 g/mol. The Morgan fingerprint density at radius 1 is 1.55 bits per heavy atom. The number of carbonyl (C=O) groups excluding carboxylic acids is 1. The van der Waals surface area contributed by atoms with Gasteiger partial charge in [0.05, 0.1) is 12.3 Å². The topological polar surface area (TPSA) is 41.6 Å². The molecule has 1 aromatic carbocycles. The van der Waals surface area contributed by atoms with Crippen LogP contribution < -0.4 is 5.32 Å². The van der Waals surface area contributed by atoms with Crippen molar-refractivity contribution in [1.29, 1.82) is 0 Å². The van der Waals surface area contributed by atoms with Crippen LogP contribution in [0, 0.1) is 11.7 Å². The molecule has 1 aliphatic carbocycles. The number of hydrogen-bond acceptors (Lipinski definition) is 2. The van der Waals surface area contributed by atoms with Gasteiger partial charge >= 0.3 is 6.03 Å². The molecule has 0 atom stereocenters. The molecule has 0 spiro atoms. The lowest BCUT2D eigenvalue weighted by atomic mass is 10.3. The first-order valence-corrected chi connectivity index (χ1v) is 7.40. The summed E-state index contributed by atoms with van der Waals surface area (Å²) in [7, 11) is 1.70. The van der Waals surface area contributed by atoms with Gasteiger partial charge in [0.1, 0.15) is 5.82 Å². The van der Waals surface area contributed by atoms with Crippen LogP contribution in [0.4, 0.5) is 14.9 Å². The van der Waals surface area contributed by atoms with E-state index in [1.807, 2.05) is 0 Å². The number of hydrogen-bond donors (Lipinski definition) is 1. The maximum absolute atomic E-state index is 12.9. The highest BCUT2D eigenvalue weighted by molar-refractivity contribution is 9.10. The summed E-state index contributed by atoms with van der Waals surface area (Å²) in [5.41, 5.74) is 0.544. The summed E-state index contributed by atoms with van der Waals surface area (Å²) in [5, 5.41) is 2.72. The second kappa shape index (κ2) is 7.04. The van der Waals surface area contributed by atoms with Crippen molar-refractivity contribution >= 4 is 27.6 Å². The van der Waals surface area contributed by atoms with E-state index in [-0.39, 0.29) is 11.8 Å². The summed E-state index contributed by atoms with van der Waals surface area (Å²) in [6.07, 6.45) is 2.52. The van der Waals surface area contributed by atoms with Crippen LogP contribution in [-0.2, 0) is 4.74 Å². The molecule has 110 valence electrons. The van der Waals surface area contributed by atoms with Gasteiger partial charge in [0, 0.05) is 24.7 Å². The van der Waals surface area contributed by atoms with E-state index < -0.39 is 0 Å². The van der Waals surface area contributed by atoms with Gasteiger partial charge in [-0.2, -0.15) is 0 Å². The smallest absolute Gasteiger partial charge is 0.321 e. The van der Waals surface area contributed by atoms with Gasteiger partial charge in [-0.05, 0) is 52.9 Å². The van der Waals surface area contributed by atoms with Crippen LogP contribution in [-0.4, -0.2) is 37.7 Å². The maximum Gasteiger partial charge on any atom is 0.321 e. The molecule has 1 aromatic rings. The molecule has 0 aromatic heterocycles. The Morgan fingerprint density at radius 3 is 2.95 bits per heavy atom. The van der Waals surface area contributed by atoms with Gasteiger partial charge in [0.2, 0.25) is 0 Å². The number of rotatable bonds is 6. The van der Waals surface area contributed by atoms with Crippen LogP contribution in [0.5, 0.6) is 0 Å². The Balaban J connectivity index is 1.74. The molecule has 6 heteroatoms. The summed E-state index contributed by atoms with van der Waals surface area (Å²) in [6.45, 7) is 1.85. The maximum atomic E-state index is 12.9. The van der Waals surface area contributed by atoms with Gasteiger partial charge in [-0.25, -0.2) is 9.18 Å². The van der Waals surface area contributed by atoms with E-state index >= 15 is 0 Å². The van der Waals surface area contributed by atoms with Crippen molar-refractivity contribution in [1.82, 2.24) is 4.90 Å². The van der Waals surface area contributed by atoms with E-state index in [4.69, 9.17) is 4.74 Å². The van der Waals surface area contributed by atoms with Gasteiger partial charge in [0.15, 0.2) is 0 Å². The zero-order chi connectivity index (χ0) is 14.5. The largest absolute Gasteiger partial charge is 0.379 e. The zero-order valence-corrected chi connectivity index (χ0v) is 13.0. The third-order valence-corrected chi connectivity index (χ3v) is 3.80. The summed E-state index contributed by atoms with van der Waals surface area (Å²) in [5.74, 6) is 0.376. The molecule has 0 aliphatic heterocycles. The molecule has 1 fully saturated rings. The second-order valence-corrected chi connectivity index (χ2v) is 5.85. The number of halogens is 2. The Labute approximate surface area is 126 Å². The van der Waals surface area contributed by atoms with Crippen LogP contribution in [0.3, 0.4) is 0 Å². The zero-order valence-electron chi connectivity index (χ0n) is 11.4. The number of anilines is 1. The molecule has 2 amide bonds. The quantitative estimate of drug-likeness (QED) is 0.802. The molecular weight excluding hydrogens is 327 g/mol. The van der Waals surface area contributed by atoms with Crippen LogP contribution >= 0.6 is 15.9 Å². The predicted molar refractivity (Wildman–Crippen MR) is 79.3 cm³/mol. The third kappa shape index (κ3) is 4.76. The molecule has 0 unspecified atom stereocenters. The summed E-state index contributed by atoms with van der Waals surface area (Å²) >= 11 is 3.21. The number of benzene rings is 1. The SMILES string of the molecule is CN(CCOCC1CC1)C(=O)Nc1ccc(F)cc1Br. The number of ether oxygens (including phenoxy) is 1. The van der Waals surface area contributed by atoms with Crippen molar-refractivity contribution in [2.24, 2.45) is 5.92 Å². The van der Waals surface area contributed by atoms with Crippen LogP contribution in [0.1, 0.15) is 12.8 Å². The molecule has 0 saturated heterocycles. The first-order chi connectivity index (χ1) is 9.56. The molecule has 1 saturated carbocycles. The summed E-state index contributed by atoms with van der Waals surface area (Å²) < 4.78 is 19.0. The Kier molecular flexibility index (Phi) is 5.37. The van der Waals surface area contributed by atoms with E-state index in [1.165, 1.54) is 31.0 Å². The molecule has 1 aliphatic rings. The first kappa shape index (κ1) is 15.3. The van der Waals surface area contributed by atoms with Crippen molar-refractivity contribution < 1.29 is 13.9 Å². The predicted octanol–water partition coefficient (Wildman–Crippen LogP) is 3.48. The Hall–Kier alpha value is -1.14. The number of likely N-dealkylation sites (N-methyl/N-ethyl adjacent to an activating group) is 1. The lowest BCUT2D eigenvalue weighted by molar-refractivity contribution is 0.109. The Bertz CT molecular complexity index is 480. The molecule has 1 N–H and O–H groups in total. The average Bonchev–Trinajstić information content (AvgIpc) is 3.21. The normalized spacial score (nSPS) is 14.2. The molecule has 4 nitrogen and oxygen atoms in total. The minimum absolute atomic E-state index is 0.243. The molecule has 0 heterocycles. The lowest BCUT2D eigenvalue weighted by Crippen LogP contribution is -2.34. The fourth-order valence-corrected chi connectivity index (χ4v) is 2.09. The number of urea groups is 1. The van der Waals surface area contributed by atoms with Crippen LogP contribution in [0.15, 0.2) is 22.7 Å². The highest BCUT2D eigenvalue weighted by Gasteiger charge is 2.21. The van der Waals surface area contributed by atoms with E-state index in [0.717, 1.165) is 12.5 Å². The van der Waals surface area contributed by atoms with Crippen molar-refractivity contribution in [2.45, 2.75) is 12.8 Å². The van der Waals surface area contributed by atoms with Crippen LogP contribution in [0.25, 0.3) is 0 Å².